The van der Waals surface area contributed by atoms with Crippen molar-refractivity contribution in [2.75, 3.05) is 0 Å². The molecule has 1 aromatic heterocycles. The van der Waals surface area contributed by atoms with Crippen molar-refractivity contribution < 1.29 is 9.53 Å². The molecular formula is C16H21N3O3. The summed E-state index contributed by atoms with van der Waals surface area (Å²) >= 11 is 0. The van der Waals surface area contributed by atoms with Crippen molar-refractivity contribution in [3.63, 3.8) is 0 Å². The summed E-state index contributed by atoms with van der Waals surface area (Å²) in [6.07, 6.45) is -0.539. The number of rotatable bonds is 2. The molecule has 0 unspecified atom stereocenters. The number of para-hydroxylation sites is 1. The number of alkyl carbamates (subject to hydrolysis) is 1. The summed E-state index contributed by atoms with van der Waals surface area (Å²) in [5.74, 6) is 0.481. The van der Waals surface area contributed by atoms with E-state index in [1.165, 1.54) is 4.57 Å². The van der Waals surface area contributed by atoms with Crippen LogP contribution in [0.2, 0.25) is 0 Å². The number of hydrogen-bond donors (Lipinski definition) is 1. The Balaban J connectivity index is 2.32. The molecule has 0 spiro atoms. The van der Waals surface area contributed by atoms with Crippen LogP contribution in [0.3, 0.4) is 0 Å². The zero-order chi connectivity index (χ0) is 16.5. The van der Waals surface area contributed by atoms with Crippen LogP contribution in [-0.2, 0) is 11.8 Å². The predicted octanol–water partition coefficient (Wildman–Crippen LogP) is 2.52. The number of carbonyl (C=O) groups is 1. The minimum absolute atomic E-state index is 0.140. The van der Waals surface area contributed by atoms with Crippen molar-refractivity contribution in [3.05, 3.63) is 40.4 Å². The summed E-state index contributed by atoms with van der Waals surface area (Å²) < 4.78 is 6.67. The second-order valence-electron chi connectivity index (χ2n) is 6.22. The van der Waals surface area contributed by atoms with E-state index < -0.39 is 17.7 Å². The third-order valence-electron chi connectivity index (χ3n) is 3.14. The van der Waals surface area contributed by atoms with Crippen molar-refractivity contribution in [1.82, 2.24) is 14.9 Å². The Morgan fingerprint density at radius 3 is 2.59 bits per heavy atom. The highest BCUT2D eigenvalue weighted by atomic mass is 16.6. The van der Waals surface area contributed by atoms with E-state index in [4.69, 9.17) is 4.74 Å². The highest BCUT2D eigenvalue weighted by molar-refractivity contribution is 5.77. The second kappa shape index (κ2) is 5.79. The molecule has 0 aliphatic carbocycles. The third kappa shape index (κ3) is 3.44. The Labute approximate surface area is 129 Å². The molecule has 1 amide bonds. The minimum Gasteiger partial charge on any atom is -0.444 e. The van der Waals surface area contributed by atoms with Crippen LogP contribution in [0.25, 0.3) is 10.9 Å². The largest absolute Gasteiger partial charge is 0.444 e. The first-order valence-electron chi connectivity index (χ1n) is 7.14. The molecule has 22 heavy (non-hydrogen) atoms. The van der Waals surface area contributed by atoms with Gasteiger partial charge < -0.3 is 10.1 Å². The van der Waals surface area contributed by atoms with Gasteiger partial charge in [0.25, 0.3) is 5.56 Å². The van der Waals surface area contributed by atoms with Crippen LogP contribution in [0, 0.1) is 0 Å². The number of nitrogens with one attached hydrogen (secondary N) is 1. The normalized spacial score (nSPS) is 13.0. The highest BCUT2D eigenvalue weighted by Crippen LogP contribution is 2.14. The van der Waals surface area contributed by atoms with Gasteiger partial charge in [0.15, 0.2) is 0 Å². The zero-order valence-corrected chi connectivity index (χ0v) is 13.5. The van der Waals surface area contributed by atoms with E-state index in [9.17, 15) is 9.59 Å². The van der Waals surface area contributed by atoms with Gasteiger partial charge in [-0.2, -0.15) is 0 Å². The summed E-state index contributed by atoms with van der Waals surface area (Å²) in [6.45, 7) is 7.14. The maximum Gasteiger partial charge on any atom is 0.408 e. The lowest BCUT2D eigenvalue weighted by molar-refractivity contribution is 0.0505. The first kappa shape index (κ1) is 16.0. The molecule has 2 rings (SSSR count). The standard InChI is InChI=1S/C16H21N3O3/c1-10(17-15(21)22-16(2,3)4)13-18-12-9-7-6-8-11(12)14(20)19(13)5/h6-10H,1-5H3,(H,17,21)/t10-/m0/s1. The lowest BCUT2D eigenvalue weighted by atomic mass is 10.2. The Bertz CT molecular complexity index is 759. The molecule has 118 valence electrons. The van der Waals surface area contributed by atoms with Gasteiger partial charge in [0.05, 0.1) is 16.9 Å². The lowest BCUT2D eigenvalue weighted by Gasteiger charge is -2.22. The molecule has 1 N–H and O–H groups in total. The van der Waals surface area contributed by atoms with Gasteiger partial charge in [0, 0.05) is 7.05 Å². The van der Waals surface area contributed by atoms with Crippen molar-refractivity contribution in [2.24, 2.45) is 7.05 Å². The number of hydrogen-bond acceptors (Lipinski definition) is 4. The molecule has 0 saturated carbocycles. The van der Waals surface area contributed by atoms with E-state index in [0.29, 0.717) is 16.7 Å². The van der Waals surface area contributed by atoms with Gasteiger partial charge in [-0.15, -0.1) is 0 Å². The SMILES string of the molecule is C[C@H](NC(=O)OC(C)(C)C)c1nc2ccccc2c(=O)n1C. The fraction of sp³-hybridized carbons (Fsp3) is 0.438. The van der Waals surface area contributed by atoms with Gasteiger partial charge in [-0.1, -0.05) is 12.1 Å². The van der Waals surface area contributed by atoms with Crippen molar-refractivity contribution >= 4 is 17.0 Å². The number of amides is 1. The molecule has 6 nitrogen and oxygen atoms in total. The highest BCUT2D eigenvalue weighted by Gasteiger charge is 2.20. The Morgan fingerprint density at radius 2 is 1.95 bits per heavy atom. The maximum atomic E-state index is 12.3. The molecule has 1 aromatic carbocycles. The number of aromatic nitrogens is 2. The topological polar surface area (TPSA) is 73.2 Å². The van der Waals surface area contributed by atoms with E-state index in [1.54, 1.807) is 52.9 Å². The van der Waals surface area contributed by atoms with Crippen LogP contribution < -0.4 is 10.9 Å². The van der Waals surface area contributed by atoms with Crippen LogP contribution in [-0.4, -0.2) is 21.2 Å². The van der Waals surface area contributed by atoms with E-state index in [0.717, 1.165) is 0 Å². The lowest BCUT2D eigenvalue weighted by Crippen LogP contribution is -2.36. The molecule has 6 heteroatoms. The molecule has 0 saturated heterocycles. The second-order valence-corrected chi connectivity index (χ2v) is 6.22. The number of fused-ring (bicyclic) bond motifs is 1. The minimum atomic E-state index is -0.577. The molecule has 0 bridgehead atoms. The quantitative estimate of drug-likeness (QED) is 0.925. The van der Waals surface area contributed by atoms with Gasteiger partial charge in [-0.05, 0) is 39.8 Å². The molecule has 0 aliphatic rings. The fourth-order valence-corrected chi connectivity index (χ4v) is 2.17. The van der Waals surface area contributed by atoms with Crippen LogP contribution >= 0.6 is 0 Å². The van der Waals surface area contributed by atoms with Gasteiger partial charge in [-0.25, -0.2) is 9.78 Å². The van der Waals surface area contributed by atoms with Gasteiger partial charge in [0.2, 0.25) is 0 Å². The molecule has 1 heterocycles. The van der Waals surface area contributed by atoms with Crippen molar-refractivity contribution in [2.45, 2.75) is 39.3 Å². The zero-order valence-electron chi connectivity index (χ0n) is 13.5. The monoisotopic (exact) mass is 303 g/mol. The molecule has 2 aromatic rings. The van der Waals surface area contributed by atoms with E-state index in [1.807, 2.05) is 6.07 Å². The van der Waals surface area contributed by atoms with Gasteiger partial charge in [0.1, 0.15) is 11.4 Å². The van der Waals surface area contributed by atoms with Crippen LogP contribution in [0.15, 0.2) is 29.1 Å². The summed E-state index contributed by atoms with van der Waals surface area (Å²) in [5.41, 5.74) is -0.108. The van der Waals surface area contributed by atoms with Crippen LogP contribution in [0.1, 0.15) is 39.6 Å². The summed E-state index contributed by atoms with van der Waals surface area (Å²) in [7, 11) is 1.64. The molecule has 0 radical (unpaired) electrons. The summed E-state index contributed by atoms with van der Waals surface area (Å²) in [6, 6.07) is 6.69. The molecule has 0 aliphatic heterocycles. The smallest absolute Gasteiger partial charge is 0.408 e. The third-order valence-corrected chi connectivity index (χ3v) is 3.14. The number of ether oxygens (including phenoxy) is 1. The average Bonchev–Trinajstić information content (AvgIpc) is 2.40. The Kier molecular flexibility index (Phi) is 4.21. The van der Waals surface area contributed by atoms with Crippen LogP contribution in [0.4, 0.5) is 4.79 Å². The first-order valence-corrected chi connectivity index (χ1v) is 7.14. The number of benzene rings is 1. The number of nitrogens with zero attached hydrogens (tertiary/aromatic N) is 2. The van der Waals surface area contributed by atoms with Crippen molar-refractivity contribution in [3.8, 4) is 0 Å². The summed E-state index contributed by atoms with van der Waals surface area (Å²) in [5, 5.41) is 3.26. The Morgan fingerprint density at radius 1 is 1.32 bits per heavy atom. The van der Waals surface area contributed by atoms with Gasteiger partial charge in [-0.3, -0.25) is 9.36 Å². The van der Waals surface area contributed by atoms with E-state index in [-0.39, 0.29) is 5.56 Å². The predicted molar refractivity (Wildman–Crippen MR) is 84.8 cm³/mol. The fourth-order valence-electron chi connectivity index (χ4n) is 2.17. The summed E-state index contributed by atoms with van der Waals surface area (Å²) in [4.78, 5) is 28.7. The first-order chi connectivity index (χ1) is 10.2. The molecular weight excluding hydrogens is 282 g/mol. The van der Waals surface area contributed by atoms with Crippen molar-refractivity contribution in [1.29, 1.82) is 0 Å². The molecule has 0 fully saturated rings. The van der Waals surface area contributed by atoms with Gasteiger partial charge >= 0.3 is 6.09 Å². The molecule has 1 atom stereocenters. The Hall–Kier alpha value is -2.37. The number of carbonyl (C=O) groups excluding carboxylic acids is 1. The van der Waals surface area contributed by atoms with E-state index in [2.05, 4.69) is 10.3 Å². The maximum absolute atomic E-state index is 12.3. The van der Waals surface area contributed by atoms with E-state index >= 15 is 0 Å². The van der Waals surface area contributed by atoms with Crippen LogP contribution in [0.5, 0.6) is 0 Å². The average molecular weight is 303 g/mol.